The van der Waals surface area contributed by atoms with Crippen molar-refractivity contribution < 1.29 is 18.9 Å². The van der Waals surface area contributed by atoms with Crippen molar-refractivity contribution in [3.63, 3.8) is 0 Å². The molecule has 0 amide bonds. The smallest absolute Gasteiger partial charge is 0.146 e. The Morgan fingerprint density at radius 2 is 0.513 bits per heavy atom. The van der Waals surface area contributed by atoms with Crippen molar-refractivity contribution in [1.82, 2.24) is 0 Å². The van der Waals surface area contributed by atoms with E-state index in [1.165, 1.54) is 180 Å². The average Bonchev–Trinajstić information content (AvgIpc) is 3.38. The van der Waals surface area contributed by atoms with Gasteiger partial charge in [0.2, 0.25) is 0 Å². The largest absolute Gasteiger partial charge is 0.492 e. The Kier molecular flexibility index (Phi) is 38.7. The molecule has 0 saturated heterocycles. The molecule has 0 N–H and O–H groups in total. The van der Waals surface area contributed by atoms with Crippen LogP contribution in [0.5, 0.6) is 23.0 Å². The first-order valence-corrected chi connectivity index (χ1v) is 37.9. The van der Waals surface area contributed by atoms with Crippen molar-refractivity contribution >= 4 is 16.1 Å². The molecule has 2 aromatic rings. The van der Waals surface area contributed by atoms with E-state index < -0.39 is 16.1 Å². The van der Waals surface area contributed by atoms with Gasteiger partial charge < -0.3 is 18.9 Å². The highest BCUT2D eigenvalue weighted by atomic mass is 28.3. The van der Waals surface area contributed by atoms with Gasteiger partial charge in [-0.2, -0.15) is 0 Å². The Balaban J connectivity index is 2.78. The van der Waals surface area contributed by atoms with Gasteiger partial charge in [0.1, 0.15) is 39.1 Å². The second-order valence-electron chi connectivity index (χ2n) is 24.4. The molecule has 4 nitrogen and oxygen atoms in total. The van der Waals surface area contributed by atoms with Crippen LogP contribution < -0.4 is 18.9 Å². The lowest BCUT2D eigenvalue weighted by atomic mass is 10.1. The minimum absolute atomic E-state index is 0.526. The lowest BCUT2D eigenvalue weighted by Gasteiger charge is -2.38. The van der Waals surface area contributed by atoms with E-state index in [4.69, 9.17) is 18.9 Å². The summed E-state index contributed by atoms with van der Waals surface area (Å²) in [5, 5.41) is 0. The van der Waals surface area contributed by atoms with Crippen LogP contribution in [0.4, 0.5) is 0 Å². The molecule has 2 aromatic carbocycles. The quantitative estimate of drug-likeness (QED) is 0.0377. The molecule has 430 valence electrons. The molecule has 0 saturated carbocycles. The summed E-state index contributed by atoms with van der Waals surface area (Å²) < 4.78 is 27.1. The highest BCUT2D eigenvalue weighted by Gasteiger charge is 2.41. The Morgan fingerprint density at radius 1 is 0.303 bits per heavy atom. The summed E-state index contributed by atoms with van der Waals surface area (Å²) in [7, 11) is -3.73. The van der Waals surface area contributed by atoms with Crippen LogP contribution in [-0.4, -0.2) is 42.6 Å². The summed E-state index contributed by atoms with van der Waals surface area (Å²) in [6.07, 6.45) is 40.2. The van der Waals surface area contributed by atoms with E-state index in [0.717, 1.165) is 70.9 Å². The zero-order chi connectivity index (χ0) is 55.7. The first-order chi connectivity index (χ1) is 36.7. The minimum Gasteiger partial charge on any atom is -0.492 e. The van der Waals surface area contributed by atoms with Crippen LogP contribution in [0.3, 0.4) is 0 Å². The molecule has 0 fully saturated rings. The fraction of sp³-hybridized carbons (Fsp3) is 0.743. The van der Waals surface area contributed by atoms with E-state index in [1.54, 1.807) is 0 Å². The lowest BCUT2D eigenvalue weighted by Crippen LogP contribution is -2.43. The Labute approximate surface area is 474 Å². The van der Waals surface area contributed by atoms with Gasteiger partial charge in [0.15, 0.2) is 0 Å². The van der Waals surface area contributed by atoms with Gasteiger partial charge in [-0.15, -0.1) is 11.1 Å². The third-order valence-corrected chi connectivity index (χ3v) is 22.5. The first-order valence-electron chi connectivity index (χ1n) is 32.2. The molecule has 0 aliphatic rings. The van der Waals surface area contributed by atoms with Gasteiger partial charge in [-0.05, 0) is 42.3 Å². The van der Waals surface area contributed by atoms with Gasteiger partial charge in [0.05, 0.1) is 48.7 Å². The fourth-order valence-electron chi connectivity index (χ4n) is 10.7. The van der Waals surface area contributed by atoms with E-state index >= 15 is 0 Å². The number of ether oxygens (including phenoxy) is 4. The third kappa shape index (κ3) is 29.6. The van der Waals surface area contributed by atoms with E-state index in [9.17, 15) is 0 Å². The van der Waals surface area contributed by atoms with Gasteiger partial charge in [-0.3, -0.25) is 0 Å². The van der Waals surface area contributed by atoms with Crippen molar-refractivity contribution in [2.24, 2.45) is 0 Å². The van der Waals surface area contributed by atoms with Crippen LogP contribution in [0, 0.1) is 34.8 Å². The van der Waals surface area contributed by atoms with Gasteiger partial charge in [-0.1, -0.05) is 292 Å². The minimum atomic E-state index is -2.04. The molecule has 0 aromatic heterocycles. The van der Waals surface area contributed by atoms with Crippen LogP contribution in [0.15, 0.2) is 24.3 Å². The predicted octanol–water partition coefficient (Wildman–Crippen LogP) is 22.0. The molecule has 0 bridgehead atoms. The van der Waals surface area contributed by atoms with Crippen LogP contribution in [0.1, 0.15) is 297 Å². The average molecular weight is 1080 g/mol. The highest BCUT2D eigenvalue weighted by molar-refractivity contribution is 6.90. The molecular weight excluding hydrogens is 961 g/mol. The Bertz CT molecular complexity index is 1970. The van der Waals surface area contributed by atoms with Crippen molar-refractivity contribution in [2.45, 2.75) is 311 Å². The van der Waals surface area contributed by atoms with E-state index in [0.29, 0.717) is 43.1 Å². The highest BCUT2D eigenvalue weighted by Crippen LogP contribution is 2.41. The van der Waals surface area contributed by atoms with Crippen LogP contribution in [0.2, 0.25) is 36.3 Å². The third-order valence-electron chi connectivity index (χ3n) is 15.4. The lowest BCUT2D eigenvalue weighted by molar-refractivity contribution is 0.294. The van der Waals surface area contributed by atoms with Crippen LogP contribution in [-0.2, 0) is 0 Å². The summed E-state index contributed by atoms with van der Waals surface area (Å²) in [5.41, 5.74) is 12.7. The van der Waals surface area contributed by atoms with Gasteiger partial charge in [-0.25, -0.2) is 0 Å². The SMILES string of the molecule is CCCCCCCCCCOc1cc(C#C[Si](C)(C)C)c(OCCCCCCCCCC)cc1C#Cc1cc(OCCCCCCCCCC)c(C#C[Si](C(C)C)(C(C)C)C(C)C)cc1OCCCCCCCCCC. The van der Waals surface area contributed by atoms with Crippen molar-refractivity contribution in [1.29, 1.82) is 0 Å². The number of benzene rings is 2. The molecule has 76 heavy (non-hydrogen) atoms. The van der Waals surface area contributed by atoms with E-state index in [2.05, 4.69) is 148 Å². The van der Waals surface area contributed by atoms with E-state index in [-0.39, 0.29) is 0 Å². The van der Waals surface area contributed by atoms with Gasteiger partial charge in [0.25, 0.3) is 0 Å². The summed E-state index contributed by atoms with van der Waals surface area (Å²) in [4.78, 5) is 0. The molecular formula is C70H118O4Si2. The first kappa shape index (κ1) is 68.9. The molecule has 2 rings (SSSR count). The summed E-state index contributed by atoms with van der Waals surface area (Å²) in [6.45, 7) is 33.0. The monoisotopic (exact) mass is 1080 g/mol. The topological polar surface area (TPSA) is 36.9 Å². The van der Waals surface area contributed by atoms with Crippen LogP contribution in [0.25, 0.3) is 0 Å². The Morgan fingerprint density at radius 3 is 0.737 bits per heavy atom. The van der Waals surface area contributed by atoms with Gasteiger partial charge >= 0.3 is 0 Å². The Hall–Kier alpha value is -3.25. The molecule has 0 unspecified atom stereocenters. The predicted molar refractivity (Wildman–Crippen MR) is 339 cm³/mol. The van der Waals surface area contributed by atoms with Crippen molar-refractivity contribution in [2.75, 3.05) is 26.4 Å². The fourth-order valence-corrected chi connectivity index (χ4v) is 16.4. The zero-order valence-corrected chi connectivity index (χ0v) is 54.1. The van der Waals surface area contributed by atoms with Crippen molar-refractivity contribution in [3.05, 3.63) is 46.5 Å². The molecule has 6 heteroatoms. The molecule has 0 heterocycles. The molecule has 0 atom stereocenters. The molecule has 0 aliphatic heterocycles. The molecule has 0 spiro atoms. The number of unbranched alkanes of at least 4 members (excludes halogenated alkanes) is 28. The second-order valence-corrected chi connectivity index (χ2v) is 34.7. The maximum atomic E-state index is 6.84. The van der Waals surface area contributed by atoms with Crippen molar-refractivity contribution in [3.8, 4) is 57.8 Å². The summed E-state index contributed by atoms with van der Waals surface area (Å²) in [5.74, 6) is 17.9. The maximum Gasteiger partial charge on any atom is 0.146 e. The number of rotatable bonds is 43. The standard InChI is InChI=1S/C70H118O4Si2/c1-14-18-22-26-30-34-38-42-50-71-67-58-65(48-54-75(11,12)13)69(73-52-44-40-36-32-28-24-20-16-3)56-63(67)46-47-64-57-70(74-53-45-41-37-33-29-25-21-17-4)66(49-55-76(60(5)6,61(7)8)62(9)10)59-68(64)72-51-43-39-35-31-27-23-19-15-2/h56-62H,14-45,50-53H2,1-13H3. The molecule has 0 radical (unpaired) electrons. The summed E-state index contributed by atoms with van der Waals surface area (Å²) >= 11 is 0. The summed E-state index contributed by atoms with van der Waals surface area (Å²) in [6, 6.07) is 8.54. The number of hydrogen-bond donors (Lipinski definition) is 0. The molecule has 0 aliphatic carbocycles. The normalized spacial score (nSPS) is 11.6. The van der Waals surface area contributed by atoms with Crippen LogP contribution >= 0.6 is 0 Å². The second kappa shape index (κ2) is 42.7. The van der Waals surface area contributed by atoms with Gasteiger partial charge in [0, 0.05) is 24.3 Å². The maximum absolute atomic E-state index is 6.84. The number of hydrogen-bond acceptors (Lipinski definition) is 4. The van der Waals surface area contributed by atoms with E-state index in [1.807, 2.05) is 0 Å². The zero-order valence-electron chi connectivity index (χ0n) is 52.1.